The van der Waals surface area contributed by atoms with Gasteiger partial charge >= 0.3 is 8.56 Å². The molecule has 0 aromatic heterocycles. The van der Waals surface area contributed by atoms with Crippen molar-refractivity contribution in [3.8, 4) is 0 Å². The summed E-state index contributed by atoms with van der Waals surface area (Å²) in [4.78, 5) is 25.0. The van der Waals surface area contributed by atoms with Crippen molar-refractivity contribution in [1.29, 1.82) is 0 Å². The second-order valence-electron chi connectivity index (χ2n) is 13.3. The average Bonchev–Trinajstić information content (AvgIpc) is 2.61. The lowest BCUT2D eigenvalue weighted by molar-refractivity contribution is -0.138. The molecule has 0 N–H and O–H groups in total. The van der Waals surface area contributed by atoms with E-state index in [4.69, 9.17) is 17.7 Å². The number of methoxy groups -OCH3 is 1. The summed E-state index contributed by atoms with van der Waals surface area (Å²) in [6.07, 6.45) is 2.01. The van der Waals surface area contributed by atoms with Gasteiger partial charge in [0.05, 0.1) is 18.6 Å². The maximum atomic E-state index is 12.7. The van der Waals surface area contributed by atoms with Gasteiger partial charge in [-0.2, -0.15) is 0 Å². The molecular weight excluding hydrogens is 481 g/mol. The van der Waals surface area contributed by atoms with Gasteiger partial charge in [-0.05, 0) is 77.1 Å². The van der Waals surface area contributed by atoms with Crippen molar-refractivity contribution in [1.82, 2.24) is 0 Å². The number of hydrogen-bond donors (Lipinski definition) is 0. The Morgan fingerprint density at radius 3 is 1.88 bits per heavy atom. The van der Waals surface area contributed by atoms with Crippen LogP contribution in [0.15, 0.2) is 0 Å². The molecule has 4 atom stereocenters. The van der Waals surface area contributed by atoms with E-state index in [0.717, 1.165) is 18.9 Å². The molecule has 1 rings (SSSR count). The molecule has 4 unspecified atom stereocenters. The number of carbonyl (C=O) groups excluding carboxylic acids is 2. The van der Waals surface area contributed by atoms with Gasteiger partial charge in [-0.15, -0.1) is 0 Å². The van der Waals surface area contributed by atoms with Crippen LogP contribution in [0.4, 0.5) is 0 Å². The van der Waals surface area contributed by atoms with Crippen LogP contribution in [0, 0.1) is 17.3 Å². The molecule has 6 nitrogen and oxygen atoms in total. The first-order valence-corrected chi connectivity index (χ1v) is 22.2. The third-order valence-electron chi connectivity index (χ3n) is 6.02. The van der Waals surface area contributed by atoms with Gasteiger partial charge in [0.15, 0.2) is 16.6 Å². The summed E-state index contributed by atoms with van der Waals surface area (Å²) in [5.41, 5.74) is -0.483. The molecule has 1 aliphatic carbocycles. The predicted molar refractivity (Wildman–Crippen MR) is 146 cm³/mol. The van der Waals surface area contributed by atoms with Crippen LogP contribution >= 0.6 is 0 Å². The average molecular weight is 533 g/mol. The SMILES string of the molecule is COC1CC(C(=O)CC(=O)C(C)(C)C)CCC1OCC(C)C[Si](C)(O[Si](C)(C)C)O[Si](C)(C)C. The zero-order valence-corrected chi connectivity index (χ0v) is 27.0. The van der Waals surface area contributed by atoms with Crippen molar-refractivity contribution < 1.29 is 27.3 Å². The molecule has 200 valence electrons. The Balaban J connectivity index is 2.69. The van der Waals surface area contributed by atoms with Gasteiger partial charge in [0.2, 0.25) is 0 Å². The van der Waals surface area contributed by atoms with Gasteiger partial charge in [-0.25, -0.2) is 0 Å². The van der Waals surface area contributed by atoms with E-state index in [2.05, 4.69) is 52.8 Å². The van der Waals surface area contributed by atoms with Crippen molar-refractivity contribution in [3.63, 3.8) is 0 Å². The Kier molecular flexibility index (Phi) is 11.6. The number of ketones is 2. The fraction of sp³-hybridized carbons (Fsp3) is 0.920. The van der Waals surface area contributed by atoms with Gasteiger partial charge < -0.3 is 17.7 Å². The molecule has 0 heterocycles. The van der Waals surface area contributed by atoms with E-state index < -0.39 is 30.6 Å². The minimum absolute atomic E-state index is 0.00644. The van der Waals surface area contributed by atoms with E-state index in [1.807, 2.05) is 20.8 Å². The summed E-state index contributed by atoms with van der Waals surface area (Å²) >= 11 is 0. The first kappa shape index (κ1) is 31.9. The van der Waals surface area contributed by atoms with Crippen molar-refractivity contribution >= 4 is 36.8 Å². The summed E-state index contributed by atoms with van der Waals surface area (Å²) in [5, 5.41) is 0. The van der Waals surface area contributed by atoms with Crippen LogP contribution in [-0.2, 0) is 27.3 Å². The van der Waals surface area contributed by atoms with Gasteiger partial charge in [0.1, 0.15) is 11.6 Å². The molecule has 0 spiro atoms. The van der Waals surface area contributed by atoms with Crippen molar-refractivity contribution in [3.05, 3.63) is 0 Å². The monoisotopic (exact) mass is 532 g/mol. The van der Waals surface area contributed by atoms with Crippen LogP contribution in [0.5, 0.6) is 0 Å². The number of hydrogen-bond acceptors (Lipinski definition) is 6. The zero-order chi connectivity index (χ0) is 26.5. The Morgan fingerprint density at radius 2 is 1.44 bits per heavy atom. The lowest BCUT2D eigenvalue weighted by Crippen LogP contribution is -2.53. The molecule has 0 aromatic rings. The Bertz CT molecular complexity index is 662. The molecule has 0 amide bonds. The summed E-state index contributed by atoms with van der Waals surface area (Å²) in [5.74, 6) is 0.236. The first-order valence-electron chi connectivity index (χ1n) is 12.9. The largest absolute Gasteiger partial charge is 0.437 e. The van der Waals surface area contributed by atoms with Crippen LogP contribution in [0.3, 0.4) is 0 Å². The third kappa shape index (κ3) is 11.7. The van der Waals surface area contributed by atoms with E-state index in [-0.39, 0.29) is 36.1 Å². The second kappa shape index (κ2) is 12.4. The van der Waals surface area contributed by atoms with E-state index >= 15 is 0 Å². The smallest absolute Gasteiger partial charge is 0.314 e. The summed E-state index contributed by atoms with van der Waals surface area (Å²) < 4.78 is 25.4. The van der Waals surface area contributed by atoms with Gasteiger partial charge in [0.25, 0.3) is 0 Å². The van der Waals surface area contributed by atoms with E-state index in [9.17, 15) is 9.59 Å². The second-order valence-corrected chi connectivity index (χ2v) is 26.1. The molecule has 0 bridgehead atoms. The lowest BCUT2D eigenvalue weighted by Gasteiger charge is -2.40. The van der Waals surface area contributed by atoms with E-state index in [1.54, 1.807) is 7.11 Å². The van der Waals surface area contributed by atoms with Crippen molar-refractivity contribution in [2.75, 3.05) is 13.7 Å². The molecule has 34 heavy (non-hydrogen) atoms. The Hall–Kier alpha value is -0.169. The minimum Gasteiger partial charge on any atom is -0.437 e. The highest BCUT2D eigenvalue weighted by Crippen LogP contribution is 2.32. The van der Waals surface area contributed by atoms with Crippen LogP contribution in [0.1, 0.15) is 53.4 Å². The zero-order valence-electron chi connectivity index (χ0n) is 24.0. The summed E-state index contributed by atoms with van der Waals surface area (Å²) in [6.45, 7) is 24.0. The fourth-order valence-corrected chi connectivity index (χ4v) is 17.7. The number of Topliss-reactive ketones (excluding diaryl/α,β-unsaturated/α-hetero) is 2. The van der Waals surface area contributed by atoms with E-state index in [1.165, 1.54) is 0 Å². The standard InChI is InChI=1S/C25H52O6Si3/c1-19(18-34(12,30-32(6,7)8)31-33(9,10)11)17-29-22-14-13-20(15-23(22)28-5)21(26)16-24(27)25(2,3)4/h19-20,22-23H,13-18H2,1-12H3. The van der Waals surface area contributed by atoms with Crippen LogP contribution in [0.2, 0.25) is 51.9 Å². The highest BCUT2D eigenvalue weighted by Gasteiger charge is 2.42. The molecule has 0 radical (unpaired) electrons. The normalized spacial score (nSPS) is 23.6. The maximum absolute atomic E-state index is 12.7. The molecule has 1 saturated carbocycles. The highest BCUT2D eigenvalue weighted by molar-refractivity contribution is 6.87. The Morgan fingerprint density at radius 1 is 0.912 bits per heavy atom. The van der Waals surface area contributed by atoms with Gasteiger partial charge in [0, 0.05) is 25.0 Å². The third-order valence-corrected chi connectivity index (χ3v) is 15.8. The van der Waals surface area contributed by atoms with Crippen LogP contribution in [0.25, 0.3) is 0 Å². The molecule has 1 aliphatic rings. The topological polar surface area (TPSA) is 71.1 Å². The van der Waals surface area contributed by atoms with Gasteiger partial charge in [-0.1, -0.05) is 27.7 Å². The molecule has 1 fully saturated rings. The van der Waals surface area contributed by atoms with Crippen molar-refractivity contribution in [2.45, 2.75) is 117 Å². The fourth-order valence-electron chi connectivity index (χ4n) is 4.78. The highest BCUT2D eigenvalue weighted by atomic mass is 28.5. The first-order chi connectivity index (χ1) is 15.2. The molecule has 9 heteroatoms. The number of rotatable bonds is 13. The number of ether oxygens (including phenoxy) is 2. The summed E-state index contributed by atoms with van der Waals surface area (Å²) in [7, 11) is -4.09. The molecular formula is C25H52O6Si3. The summed E-state index contributed by atoms with van der Waals surface area (Å²) in [6, 6.07) is 0.905. The van der Waals surface area contributed by atoms with Crippen LogP contribution < -0.4 is 0 Å². The van der Waals surface area contributed by atoms with Gasteiger partial charge in [-0.3, -0.25) is 9.59 Å². The quantitative estimate of drug-likeness (QED) is 0.209. The predicted octanol–water partition coefficient (Wildman–Crippen LogP) is 6.17. The Labute approximate surface area is 212 Å². The van der Waals surface area contributed by atoms with Crippen molar-refractivity contribution in [2.24, 2.45) is 17.3 Å². The molecule has 0 aromatic carbocycles. The maximum Gasteiger partial charge on any atom is 0.314 e. The van der Waals surface area contributed by atoms with E-state index in [0.29, 0.717) is 18.9 Å². The molecule has 0 saturated heterocycles. The van der Waals surface area contributed by atoms with Crippen LogP contribution in [-0.4, -0.2) is 62.7 Å². The number of carbonyl (C=O) groups is 2. The minimum atomic E-state index is -2.32. The lowest BCUT2D eigenvalue weighted by atomic mass is 9.79. The molecule has 0 aliphatic heterocycles.